The molecule has 0 radical (unpaired) electrons. The van der Waals surface area contributed by atoms with Gasteiger partial charge in [-0.2, -0.15) is 5.26 Å². The normalized spacial score (nSPS) is 46.2. The standard InChI is InChI=1S/C20H31N3O2/c1-12-16-8-15(11-21)23(18(12)16)19(24)17(22)5-6-20(25)9-13-3-2-4-14(7-13)10-20/h12-18,25H,2-10,22H2,1H3/t12-,13?,14?,15-,16+,17-,18-,20?/m0/s1. The van der Waals surface area contributed by atoms with E-state index in [1.54, 1.807) is 4.90 Å². The van der Waals surface area contributed by atoms with Gasteiger partial charge in [-0.05, 0) is 62.2 Å². The lowest BCUT2D eigenvalue weighted by Gasteiger charge is -2.44. The molecular formula is C20H31N3O2. The first-order chi connectivity index (χ1) is 11.9. The van der Waals surface area contributed by atoms with Crippen LogP contribution in [0.1, 0.15) is 64.7 Å². The molecule has 5 heteroatoms. The summed E-state index contributed by atoms with van der Waals surface area (Å²) < 4.78 is 0. The zero-order valence-electron chi connectivity index (χ0n) is 15.2. The number of piperidine rings is 1. The average Bonchev–Trinajstić information content (AvgIpc) is 3.04. The maximum Gasteiger partial charge on any atom is 0.240 e. The zero-order valence-corrected chi connectivity index (χ0v) is 15.2. The van der Waals surface area contributed by atoms with E-state index < -0.39 is 11.6 Å². The highest BCUT2D eigenvalue weighted by Gasteiger charge is 2.60. The summed E-state index contributed by atoms with van der Waals surface area (Å²) in [5.41, 5.74) is 5.58. The van der Waals surface area contributed by atoms with E-state index in [-0.39, 0.29) is 18.0 Å². The summed E-state index contributed by atoms with van der Waals surface area (Å²) >= 11 is 0. The van der Waals surface area contributed by atoms with Crippen molar-refractivity contribution in [3.63, 3.8) is 0 Å². The molecule has 4 aliphatic rings. The van der Waals surface area contributed by atoms with Crippen LogP contribution in [0.25, 0.3) is 0 Å². The molecule has 0 aromatic heterocycles. The third-order valence-electron chi connectivity index (χ3n) is 7.53. The lowest BCUT2D eigenvalue weighted by Crippen LogP contribution is -2.49. The van der Waals surface area contributed by atoms with E-state index in [1.165, 1.54) is 25.7 Å². The summed E-state index contributed by atoms with van der Waals surface area (Å²) in [6.45, 7) is 2.15. The van der Waals surface area contributed by atoms with Gasteiger partial charge in [-0.3, -0.25) is 4.79 Å². The van der Waals surface area contributed by atoms with E-state index in [4.69, 9.17) is 5.73 Å². The molecule has 138 valence electrons. The number of fused-ring (bicyclic) bond motifs is 3. The van der Waals surface area contributed by atoms with Gasteiger partial charge in [0.25, 0.3) is 0 Å². The first-order valence-electron chi connectivity index (χ1n) is 10.1. The van der Waals surface area contributed by atoms with Gasteiger partial charge in [0.05, 0.1) is 17.7 Å². The molecule has 5 nitrogen and oxygen atoms in total. The Morgan fingerprint density at radius 3 is 2.68 bits per heavy atom. The van der Waals surface area contributed by atoms with Crippen LogP contribution in [0, 0.1) is 35.0 Å². The van der Waals surface area contributed by atoms with Gasteiger partial charge < -0.3 is 15.7 Å². The van der Waals surface area contributed by atoms with Gasteiger partial charge in [0.2, 0.25) is 5.91 Å². The molecule has 3 N–H and O–H groups in total. The van der Waals surface area contributed by atoms with Gasteiger partial charge in [-0.1, -0.05) is 26.2 Å². The van der Waals surface area contributed by atoms with E-state index in [2.05, 4.69) is 13.0 Å². The highest BCUT2D eigenvalue weighted by molar-refractivity contribution is 5.83. The summed E-state index contributed by atoms with van der Waals surface area (Å²) in [6, 6.07) is 1.60. The monoisotopic (exact) mass is 345 g/mol. The Kier molecular flexibility index (Phi) is 4.32. The van der Waals surface area contributed by atoms with E-state index in [1.807, 2.05) is 0 Å². The van der Waals surface area contributed by atoms with Crippen molar-refractivity contribution in [2.45, 2.75) is 88.4 Å². The fourth-order valence-corrected chi connectivity index (χ4v) is 6.21. The number of amides is 1. The molecule has 1 amide bonds. The van der Waals surface area contributed by atoms with Gasteiger partial charge in [0, 0.05) is 6.04 Å². The highest BCUT2D eigenvalue weighted by atomic mass is 16.3. The second kappa shape index (κ2) is 6.25. The van der Waals surface area contributed by atoms with Gasteiger partial charge in [0.15, 0.2) is 0 Å². The molecule has 0 aromatic rings. The average molecular weight is 345 g/mol. The maximum absolute atomic E-state index is 12.8. The second-order valence-electron chi connectivity index (χ2n) is 9.32. The van der Waals surface area contributed by atoms with Crippen LogP contribution in [0.4, 0.5) is 0 Å². The SMILES string of the molecule is C[C@H]1[C@H]2C[C@@H](C#N)N(C(=O)[C@@H](N)CCC3(O)CC4CCCC(C4)C3)[C@@H]12. The van der Waals surface area contributed by atoms with Crippen LogP contribution in [0.15, 0.2) is 0 Å². The van der Waals surface area contributed by atoms with Crippen molar-refractivity contribution in [1.82, 2.24) is 4.90 Å². The second-order valence-corrected chi connectivity index (χ2v) is 9.32. The third kappa shape index (κ3) is 3.08. The molecule has 1 heterocycles. The lowest BCUT2D eigenvalue weighted by molar-refractivity contribution is -0.134. The van der Waals surface area contributed by atoms with E-state index in [0.29, 0.717) is 36.5 Å². The summed E-state index contributed by atoms with van der Waals surface area (Å²) in [5.74, 6) is 2.21. The van der Waals surface area contributed by atoms with Crippen molar-refractivity contribution < 1.29 is 9.90 Å². The van der Waals surface area contributed by atoms with Crippen molar-refractivity contribution in [3.8, 4) is 6.07 Å². The van der Waals surface area contributed by atoms with Gasteiger partial charge in [0.1, 0.15) is 6.04 Å². The largest absolute Gasteiger partial charge is 0.390 e. The van der Waals surface area contributed by atoms with Gasteiger partial charge in [-0.25, -0.2) is 0 Å². The first-order valence-corrected chi connectivity index (χ1v) is 10.1. The van der Waals surface area contributed by atoms with Crippen molar-refractivity contribution in [2.75, 3.05) is 0 Å². The van der Waals surface area contributed by atoms with Crippen LogP contribution < -0.4 is 5.73 Å². The number of carbonyl (C=O) groups is 1. The predicted molar refractivity (Wildman–Crippen MR) is 94.1 cm³/mol. The molecule has 2 unspecified atom stereocenters. The van der Waals surface area contributed by atoms with Gasteiger partial charge >= 0.3 is 0 Å². The fourth-order valence-electron chi connectivity index (χ4n) is 6.21. The van der Waals surface area contributed by atoms with Crippen LogP contribution in [0.5, 0.6) is 0 Å². The molecule has 7 atom stereocenters. The van der Waals surface area contributed by atoms with Crippen LogP contribution in [0.3, 0.4) is 0 Å². The van der Waals surface area contributed by atoms with E-state index >= 15 is 0 Å². The minimum absolute atomic E-state index is 0.0806. The Hall–Kier alpha value is -1.12. The highest BCUT2D eigenvalue weighted by Crippen LogP contribution is 2.53. The third-order valence-corrected chi connectivity index (χ3v) is 7.53. The minimum Gasteiger partial charge on any atom is -0.390 e. The van der Waals surface area contributed by atoms with E-state index in [9.17, 15) is 15.2 Å². The number of hydrogen-bond acceptors (Lipinski definition) is 4. The van der Waals surface area contributed by atoms with E-state index in [0.717, 1.165) is 19.3 Å². The Morgan fingerprint density at radius 2 is 2.04 bits per heavy atom. The van der Waals surface area contributed by atoms with Crippen molar-refractivity contribution in [1.29, 1.82) is 5.26 Å². The summed E-state index contributed by atoms with van der Waals surface area (Å²) in [5, 5.41) is 20.4. The Labute approximate surface area is 150 Å². The topological polar surface area (TPSA) is 90.4 Å². The number of likely N-dealkylation sites (tertiary alicyclic amines) is 1. The quantitative estimate of drug-likeness (QED) is 0.817. The molecule has 4 rings (SSSR count). The Balaban J connectivity index is 1.35. The number of carbonyl (C=O) groups excluding carboxylic acids is 1. The Bertz CT molecular complexity index is 574. The smallest absolute Gasteiger partial charge is 0.240 e. The molecule has 4 fully saturated rings. The maximum atomic E-state index is 12.8. The molecule has 1 saturated heterocycles. The van der Waals surface area contributed by atoms with Crippen LogP contribution in [-0.2, 0) is 4.79 Å². The molecule has 1 aliphatic heterocycles. The van der Waals surface area contributed by atoms with Crippen LogP contribution in [0.2, 0.25) is 0 Å². The summed E-state index contributed by atoms with van der Waals surface area (Å²) in [4.78, 5) is 14.6. The molecule has 3 saturated carbocycles. The molecule has 0 spiro atoms. The van der Waals surface area contributed by atoms with Crippen LogP contribution >= 0.6 is 0 Å². The molecule has 2 bridgehead atoms. The number of aliphatic hydroxyl groups is 1. The minimum atomic E-state index is -0.638. The molecular weight excluding hydrogens is 314 g/mol. The number of nitrogens with zero attached hydrogens (tertiary/aromatic N) is 2. The molecule has 3 aliphatic carbocycles. The summed E-state index contributed by atoms with van der Waals surface area (Å²) in [7, 11) is 0. The van der Waals surface area contributed by atoms with Crippen molar-refractivity contribution >= 4 is 5.91 Å². The predicted octanol–water partition coefficient (Wildman–Crippen LogP) is 2.18. The van der Waals surface area contributed by atoms with Crippen LogP contribution in [-0.4, -0.2) is 39.6 Å². The lowest BCUT2D eigenvalue weighted by atomic mass is 9.65. The van der Waals surface area contributed by atoms with Gasteiger partial charge in [-0.15, -0.1) is 0 Å². The van der Waals surface area contributed by atoms with Crippen molar-refractivity contribution in [3.05, 3.63) is 0 Å². The number of rotatable bonds is 4. The number of hydrogen-bond donors (Lipinski definition) is 2. The van der Waals surface area contributed by atoms with Crippen molar-refractivity contribution in [2.24, 2.45) is 29.4 Å². The zero-order chi connectivity index (χ0) is 17.8. The molecule has 25 heavy (non-hydrogen) atoms. The summed E-state index contributed by atoms with van der Waals surface area (Å²) in [6.07, 6.45) is 8.73. The molecule has 0 aromatic carbocycles. The Morgan fingerprint density at radius 1 is 1.36 bits per heavy atom. The number of nitrogens with two attached hydrogens (primary N) is 1. The fraction of sp³-hybridized carbons (Fsp3) is 0.900. The first kappa shape index (κ1) is 17.3. The number of nitriles is 1.